The summed E-state index contributed by atoms with van der Waals surface area (Å²) < 4.78 is 5.19. The standard InChI is InChI=1S/C15H20N4O2/c1-15(2,3)21-14(20)18-8-12-9-19(10-12)13-6-11(7-16)4-5-17-13/h4-6,12H,8-10H2,1-3H3,(H,18,20). The minimum Gasteiger partial charge on any atom is -0.444 e. The molecular formula is C15H20N4O2. The molecule has 0 aliphatic carbocycles. The molecule has 0 bridgehead atoms. The van der Waals surface area contributed by atoms with E-state index in [0.29, 0.717) is 18.0 Å². The molecule has 2 heterocycles. The third kappa shape index (κ3) is 4.35. The van der Waals surface area contributed by atoms with E-state index in [-0.39, 0.29) is 6.09 Å². The van der Waals surface area contributed by atoms with Gasteiger partial charge in [0.05, 0.1) is 11.6 Å². The Bertz CT molecular complexity index is 554. The third-order valence-corrected chi connectivity index (χ3v) is 3.09. The number of rotatable bonds is 3. The van der Waals surface area contributed by atoms with Crippen molar-refractivity contribution in [3.8, 4) is 6.07 Å². The van der Waals surface area contributed by atoms with Crippen LogP contribution in [0.5, 0.6) is 0 Å². The number of aromatic nitrogens is 1. The largest absolute Gasteiger partial charge is 0.444 e. The Morgan fingerprint density at radius 3 is 2.90 bits per heavy atom. The molecule has 2 rings (SSSR count). The van der Waals surface area contributed by atoms with Crippen LogP contribution in [0.3, 0.4) is 0 Å². The first-order valence-electron chi connectivity index (χ1n) is 6.95. The number of hydrogen-bond acceptors (Lipinski definition) is 5. The maximum absolute atomic E-state index is 11.5. The smallest absolute Gasteiger partial charge is 0.407 e. The van der Waals surface area contributed by atoms with Gasteiger partial charge in [0.15, 0.2) is 0 Å². The van der Waals surface area contributed by atoms with Gasteiger partial charge in [-0.2, -0.15) is 5.26 Å². The number of nitrogens with zero attached hydrogens (tertiary/aromatic N) is 3. The third-order valence-electron chi connectivity index (χ3n) is 3.09. The van der Waals surface area contributed by atoms with Gasteiger partial charge in [0.25, 0.3) is 0 Å². The van der Waals surface area contributed by atoms with E-state index in [1.54, 1.807) is 18.3 Å². The lowest BCUT2D eigenvalue weighted by Gasteiger charge is -2.40. The number of anilines is 1. The number of hydrogen-bond donors (Lipinski definition) is 1. The lowest BCUT2D eigenvalue weighted by Crippen LogP contribution is -2.52. The molecule has 1 saturated heterocycles. The molecule has 1 aromatic heterocycles. The molecule has 1 fully saturated rings. The summed E-state index contributed by atoms with van der Waals surface area (Å²) in [6, 6.07) is 5.56. The van der Waals surface area contributed by atoms with Crippen LogP contribution in [-0.4, -0.2) is 36.3 Å². The predicted octanol–water partition coefficient (Wildman–Crippen LogP) is 1.91. The molecule has 1 aliphatic rings. The fourth-order valence-electron chi connectivity index (χ4n) is 2.09. The molecule has 0 aromatic carbocycles. The molecule has 1 aliphatic heterocycles. The maximum atomic E-state index is 11.5. The highest BCUT2D eigenvalue weighted by Gasteiger charge is 2.28. The van der Waals surface area contributed by atoms with E-state index in [9.17, 15) is 4.79 Å². The van der Waals surface area contributed by atoms with Crippen LogP contribution in [0.15, 0.2) is 18.3 Å². The summed E-state index contributed by atoms with van der Waals surface area (Å²) in [6.45, 7) is 7.74. The molecule has 0 radical (unpaired) electrons. The molecule has 6 nitrogen and oxygen atoms in total. The van der Waals surface area contributed by atoms with Crippen molar-refractivity contribution in [2.75, 3.05) is 24.5 Å². The number of pyridine rings is 1. The summed E-state index contributed by atoms with van der Waals surface area (Å²) in [4.78, 5) is 17.9. The van der Waals surface area contributed by atoms with Gasteiger partial charge < -0.3 is 15.0 Å². The van der Waals surface area contributed by atoms with Gasteiger partial charge in [-0.05, 0) is 32.9 Å². The van der Waals surface area contributed by atoms with E-state index in [4.69, 9.17) is 10.00 Å². The molecule has 0 spiro atoms. The number of carbonyl (C=O) groups excluding carboxylic acids is 1. The van der Waals surface area contributed by atoms with Crippen molar-refractivity contribution in [2.24, 2.45) is 5.92 Å². The zero-order chi connectivity index (χ0) is 15.5. The second-order valence-electron chi connectivity index (χ2n) is 6.17. The second kappa shape index (κ2) is 6.00. The summed E-state index contributed by atoms with van der Waals surface area (Å²) in [6.07, 6.45) is 1.26. The molecule has 112 valence electrons. The number of nitriles is 1. The Balaban J connectivity index is 1.74. The van der Waals surface area contributed by atoms with Crippen LogP contribution in [0.4, 0.5) is 10.6 Å². The van der Waals surface area contributed by atoms with E-state index >= 15 is 0 Å². The topological polar surface area (TPSA) is 78.2 Å². The van der Waals surface area contributed by atoms with Crippen molar-refractivity contribution in [1.29, 1.82) is 5.26 Å². The number of alkyl carbamates (subject to hydrolysis) is 1. The van der Waals surface area contributed by atoms with Crippen molar-refractivity contribution in [1.82, 2.24) is 10.3 Å². The monoisotopic (exact) mass is 288 g/mol. The zero-order valence-corrected chi connectivity index (χ0v) is 12.6. The Morgan fingerprint density at radius 2 is 2.29 bits per heavy atom. The highest BCUT2D eigenvalue weighted by molar-refractivity contribution is 5.67. The fourth-order valence-corrected chi connectivity index (χ4v) is 2.09. The first-order valence-corrected chi connectivity index (χ1v) is 6.95. The SMILES string of the molecule is CC(C)(C)OC(=O)NCC1CN(c2cc(C#N)ccn2)C1. The lowest BCUT2D eigenvalue weighted by atomic mass is 10.00. The maximum Gasteiger partial charge on any atom is 0.407 e. The summed E-state index contributed by atoms with van der Waals surface area (Å²) in [5.41, 5.74) is 0.132. The van der Waals surface area contributed by atoms with Crippen molar-refractivity contribution in [3.05, 3.63) is 23.9 Å². The van der Waals surface area contributed by atoms with Crippen molar-refractivity contribution in [2.45, 2.75) is 26.4 Å². The molecular weight excluding hydrogens is 268 g/mol. The van der Waals surface area contributed by atoms with Crippen molar-refractivity contribution >= 4 is 11.9 Å². The van der Waals surface area contributed by atoms with Crippen LogP contribution in [0.2, 0.25) is 0 Å². The summed E-state index contributed by atoms with van der Waals surface area (Å²) in [5, 5.41) is 11.6. The number of ether oxygens (including phenoxy) is 1. The zero-order valence-electron chi connectivity index (χ0n) is 12.6. The lowest BCUT2D eigenvalue weighted by molar-refractivity contribution is 0.0516. The summed E-state index contributed by atoms with van der Waals surface area (Å²) in [5.74, 6) is 1.19. The summed E-state index contributed by atoms with van der Waals surface area (Å²) in [7, 11) is 0. The molecule has 1 aromatic rings. The molecule has 1 amide bonds. The van der Waals surface area contributed by atoms with E-state index in [1.165, 1.54) is 0 Å². The molecule has 21 heavy (non-hydrogen) atoms. The Hall–Kier alpha value is -2.29. The van der Waals surface area contributed by atoms with Crippen LogP contribution in [0.25, 0.3) is 0 Å². The number of nitrogens with one attached hydrogen (secondary N) is 1. The Kier molecular flexibility index (Phi) is 4.32. The quantitative estimate of drug-likeness (QED) is 0.919. The number of amides is 1. The molecule has 0 saturated carbocycles. The van der Waals surface area contributed by atoms with Crippen LogP contribution in [0, 0.1) is 17.2 Å². The van der Waals surface area contributed by atoms with E-state index < -0.39 is 5.60 Å². The minimum atomic E-state index is -0.475. The van der Waals surface area contributed by atoms with Gasteiger partial charge in [-0.1, -0.05) is 0 Å². The van der Waals surface area contributed by atoms with Crippen LogP contribution >= 0.6 is 0 Å². The normalized spacial score (nSPS) is 15.0. The van der Waals surface area contributed by atoms with Gasteiger partial charge in [-0.25, -0.2) is 9.78 Å². The second-order valence-corrected chi connectivity index (χ2v) is 6.17. The number of carbonyl (C=O) groups is 1. The van der Waals surface area contributed by atoms with Crippen molar-refractivity contribution in [3.63, 3.8) is 0 Å². The minimum absolute atomic E-state index is 0.380. The van der Waals surface area contributed by atoms with Gasteiger partial charge in [0.1, 0.15) is 11.4 Å². The molecule has 0 unspecified atom stereocenters. The average molecular weight is 288 g/mol. The first-order chi connectivity index (χ1) is 9.87. The highest BCUT2D eigenvalue weighted by Crippen LogP contribution is 2.22. The van der Waals surface area contributed by atoms with Crippen LogP contribution in [0.1, 0.15) is 26.3 Å². The van der Waals surface area contributed by atoms with E-state index in [0.717, 1.165) is 18.9 Å². The van der Waals surface area contributed by atoms with Gasteiger partial charge in [0.2, 0.25) is 0 Å². The van der Waals surface area contributed by atoms with Gasteiger partial charge in [-0.3, -0.25) is 0 Å². The van der Waals surface area contributed by atoms with E-state index in [2.05, 4.69) is 21.3 Å². The highest BCUT2D eigenvalue weighted by atomic mass is 16.6. The Morgan fingerprint density at radius 1 is 1.57 bits per heavy atom. The Labute approximate surface area is 124 Å². The summed E-state index contributed by atoms with van der Waals surface area (Å²) >= 11 is 0. The van der Waals surface area contributed by atoms with Gasteiger partial charge >= 0.3 is 6.09 Å². The molecule has 6 heteroatoms. The average Bonchev–Trinajstić information content (AvgIpc) is 2.35. The fraction of sp³-hybridized carbons (Fsp3) is 0.533. The van der Waals surface area contributed by atoms with Gasteiger partial charge in [-0.15, -0.1) is 0 Å². The van der Waals surface area contributed by atoms with Crippen LogP contribution in [-0.2, 0) is 4.74 Å². The first kappa shape index (κ1) is 15.1. The van der Waals surface area contributed by atoms with Crippen LogP contribution < -0.4 is 10.2 Å². The molecule has 0 atom stereocenters. The van der Waals surface area contributed by atoms with E-state index in [1.807, 2.05) is 20.8 Å². The van der Waals surface area contributed by atoms with Gasteiger partial charge in [0, 0.05) is 31.7 Å². The predicted molar refractivity (Wildman–Crippen MR) is 78.9 cm³/mol. The molecule has 1 N–H and O–H groups in total. The van der Waals surface area contributed by atoms with Crippen molar-refractivity contribution < 1.29 is 9.53 Å².